The van der Waals surface area contributed by atoms with E-state index in [-0.39, 0.29) is 17.1 Å². The molecule has 10 heteroatoms. The molecule has 1 aliphatic rings. The van der Waals surface area contributed by atoms with Crippen molar-refractivity contribution in [3.63, 3.8) is 0 Å². The van der Waals surface area contributed by atoms with Gasteiger partial charge in [0.2, 0.25) is 6.29 Å². The van der Waals surface area contributed by atoms with Gasteiger partial charge in [-0.3, -0.25) is 4.79 Å². The first kappa shape index (κ1) is 37.0. The maximum Gasteiger partial charge on any atom is 0.359 e. The molecule has 6 atom stereocenters. The molecule has 3 N–H and O–H groups in total. The van der Waals surface area contributed by atoms with E-state index in [0.29, 0.717) is 34.4 Å². The van der Waals surface area contributed by atoms with Crippen LogP contribution in [0.15, 0.2) is 75.9 Å². The van der Waals surface area contributed by atoms with Gasteiger partial charge in [0, 0.05) is 34.6 Å². The van der Waals surface area contributed by atoms with Crippen molar-refractivity contribution in [3.05, 3.63) is 99.4 Å². The van der Waals surface area contributed by atoms with Crippen LogP contribution in [0.4, 0.5) is 5.69 Å². The van der Waals surface area contributed by atoms with Gasteiger partial charge in [0.1, 0.15) is 41.1 Å². The largest absolute Gasteiger partial charge is 0.496 e. The second kappa shape index (κ2) is 14.2. The minimum absolute atomic E-state index is 0.140. The average molecular weight is 688 g/mol. The molecule has 1 fully saturated rings. The number of aryl methyl sites for hydroxylation is 1. The van der Waals surface area contributed by atoms with E-state index in [2.05, 4.69) is 31.3 Å². The van der Waals surface area contributed by atoms with Crippen LogP contribution in [-0.4, -0.2) is 66.0 Å². The van der Waals surface area contributed by atoms with Crippen LogP contribution in [-0.2, 0) is 14.9 Å². The van der Waals surface area contributed by atoms with Crippen molar-refractivity contribution >= 4 is 22.4 Å². The molecule has 50 heavy (non-hydrogen) atoms. The van der Waals surface area contributed by atoms with Gasteiger partial charge in [0.05, 0.1) is 18.2 Å². The minimum atomic E-state index is -1.39. The van der Waals surface area contributed by atoms with Crippen molar-refractivity contribution in [1.29, 1.82) is 0 Å². The summed E-state index contributed by atoms with van der Waals surface area (Å²) in [4.78, 5) is 27.7. The molecule has 3 aromatic carbocycles. The Bertz CT molecular complexity index is 1900. The first-order valence-electron chi connectivity index (χ1n) is 17.0. The molecule has 5 rings (SSSR count). The zero-order valence-corrected chi connectivity index (χ0v) is 30.3. The number of nitrogens with one attached hydrogen (secondary N) is 1. The first-order valence-corrected chi connectivity index (χ1v) is 17.0. The van der Waals surface area contributed by atoms with Crippen LogP contribution in [0.3, 0.4) is 0 Å². The molecule has 10 nitrogen and oxygen atoms in total. The highest BCUT2D eigenvalue weighted by Gasteiger charge is 2.50. The predicted octanol–water partition coefficient (Wildman–Crippen LogP) is 6.54. The molecule has 1 aliphatic heterocycles. The van der Waals surface area contributed by atoms with Crippen LogP contribution >= 0.6 is 0 Å². The summed E-state index contributed by atoms with van der Waals surface area (Å²) < 4.78 is 28.9. The molecular formula is C40H49NO9. The summed E-state index contributed by atoms with van der Waals surface area (Å²) in [5.41, 5.74) is 0.257. The van der Waals surface area contributed by atoms with Gasteiger partial charge in [-0.25, -0.2) is 4.79 Å². The van der Waals surface area contributed by atoms with Crippen molar-refractivity contribution in [2.75, 3.05) is 19.5 Å². The summed E-state index contributed by atoms with van der Waals surface area (Å²) in [7, 11) is 3.07. The van der Waals surface area contributed by atoms with E-state index in [9.17, 15) is 19.8 Å². The third kappa shape index (κ3) is 6.65. The molecule has 0 aliphatic carbocycles. The molecule has 4 aromatic rings. The lowest BCUT2D eigenvalue weighted by atomic mass is 9.73. The van der Waals surface area contributed by atoms with E-state index in [0.717, 1.165) is 17.5 Å². The van der Waals surface area contributed by atoms with E-state index in [1.165, 1.54) is 7.11 Å². The van der Waals surface area contributed by atoms with Gasteiger partial charge >= 0.3 is 5.63 Å². The molecule has 0 radical (unpaired) electrons. The zero-order valence-electron chi connectivity index (χ0n) is 30.3. The maximum atomic E-state index is 14.3. The molecule has 268 valence electrons. The lowest BCUT2D eigenvalue weighted by Gasteiger charge is -2.46. The maximum absolute atomic E-state index is 14.3. The summed E-state index contributed by atoms with van der Waals surface area (Å²) in [5.74, 6) is 0.822. The Morgan fingerprint density at radius 3 is 2.24 bits per heavy atom. The van der Waals surface area contributed by atoms with Crippen LogP contribution in [0, 0.1) is 6.92 Å². The van der Waals surface area contributed by atoms with Crippen molar-refractivity contribution in [3.8, 4) is 11.5 Å². The monoisotopic (exact) mass is 687 g/mol. The third-order valence-corrected chi connectivity index (χ3v) is 10.4. The van der Waals surface area contributed by atoms with Crippen LogP contribution in [0.2, 0.25) is 0 Å². The van der Waals surface area contributed by atoms with Crippen molar-refractivity contribution in [2.24, 2.45) is 0 Å². The number of carbonyl (C=O) groups is 1. The lowest BCUT2D eigenvalue weighted by Crippen LogP contribution is -2.63. The Balaban J connectivity index is 1.44. The van der Waals surface area contributed by atoms with Crippen molar-refractivity contribution < 1.29 is 38.4 Å². The number of rotatable bonds is 12. The predicted molar refractivity (Wildman–Crippen MR) is 192 cm³/mol. The number of benzene rings is 3. The first-order chi connectivity index (χ1) is 23.6. The van der Waals surface area contributed by atoms with E-state index in [1.54, 1.807) is 59.1 Å². The summed E-state index contributed by atoms with van der Waals surface area (Å²) in [6.45, 7) is 13.1. The lowest BCUT2D eigenvalue weighted by molar-refractivity contribution is -0.306. The van der Waals surface area contributed by atoms with E-state index in [4.69, 9.17) is 23.4 Å². The number of aliphatic hydroxyl groups excluding tert-OH is 2. The SMILES string of the molecule is CCC(C)(Nc1cc2ccc(O[C@@H]3OC(C)(C)[C@H](OC)[C@@H](O)C3O)c(C)c2oc1=O)C(=O)c1ccc(OC)c(C(C)(CC)c2ccccc2)c1. The fourth-order valence-electron chi connectivity index (χ4n) is 6.91. The van der Waals surface area contributed by atoms with Gasteiger partial charge in [0.15, 0.2) is 5.78 Å². The van der Waals surface area contributed by atoms with Crippen LogP contribution < -0.4 is 20.4 Å². The van der Waals surface area contributed by atoms with E-state index < -0.39 is 46.8 Å². The molecule has 0 bridgehead atoms. The van der Waals surface area contributed by atoms with Crippen molar-refractivity contribution in [2.45, 2.75) is 102 Å². The second-order valence-corrected chi connectivity index (χ2v) is 14.0. The number of ketones is 1. The van der Waals surface area contributed by atoms with E-state index >= 15 is 0 Å². The van der Waals surface area contributed by atoms with Crippen molar-refractivity contribution in [1.82, 2.24) is 0 Å². The number of methoxy groups -OCH3 is 2. The number of fused-ring (bicyclic) bond motifs is 1. The normalized spacial score (nSPS) is 22.7. The molecule has 0 spiro atoms. The Morgan fingerprint density at radius 1 is 0.940 bits per heavy atom. The van der Waals surface area contributed by atoms with Gasteiger partial charge in [0.25, 0.3) is 0 Å². The van der Waals surface area contributed by atoms with Crippen LogP contribution in [0.1, 0.15) is 81.4 Å². The number of Topliss-reactive ketones (excluding diaryl/α,β-unsaturated/α-hetero) is 1. The van der Waals surface area contributed by atoms with Crippen LogP contribution in [0.25, 0.3) is 11.0 Å². The summed E-state index contributed by atoms with van der Waals surface area (Å²) in [6.07, 6.45) is -3.44. The minimum Gasteiger partial charge on any atom is -0.496 e. The number of carbonyl (C=O) groups excluding carboxylic acids is 1. The quantitative estimate of drug-likeness (QED) is 0.111. The molecule has 1 aromatic heterocycles. The molecular weight excluding hydrogens is 638 g/mol. The number of ether oxygens (including phenoxy) is 4. The average Bonchev–Trinajstić information content (AvgIpc) is 3.11. The number of hydrogen-bond acceptors (Lipinski definition) is 10. The molecule has 3 unspecified atom stereocenters. The van der Waals surface area contributed by atoms with Gasteiger partial charge in [-0.15, -0.1) is 0 Å². The molecule has 1 saturated heterocycles. The summed E-state index contributed by atoms with van der Waals surface area (Å²) >= 11 is 0. The fraction of sp³-hybridized carbons (Fsp3) is 0.450. The Kier molecular flexibility index (Phi) is 10.5. The standard InChI is InChI=1S/C40H49NO9/c1-10-39(6,26-15-13-12-14-16-26)27-21-25(18-20-30(27)46-8)34(44)40(7,11-2)41-28-22-24-17-19-29(23(3)33(24)49-36(28)45)48-37-32(43)31(42)35(47-9)38(4,5)50-37/h12-22,31-32,35,37,41-43H,10-11H2,1-9H3/t31-,32?,35+,37+,39?,40?/m0/s1. The fourth-order valence-corrected chi connectivity index (χ4v) is 6.91. The number of anilines is 1. The Morgan fingerprint density at radius 2 is 1.62 bits per heavy atom. The Hall–Kier alpha value is -4.22. The smallest absolute Gasteiger partial charge is 0.359 e. The topological polar surface area (TPSA) is 137 Å². The zero-order chi connectivity index (χ0) is 36.6. The summed E-state index contributed by atoms with van der Waals surface area (Å²) in [5, 5.41) is 25.2. The van der Waals surface area contributed by atoms with Gasteiger partial charge < -0.3 is 38.9 Å². The molecule has 0 saturated carbocycles. The number of aliphatic hydroxyl groups is 2. The summed E-state index contributed by atoms with van der Waals surface area (Å²) in [6, 6.07) is 20.7. The highest BCUT2D eigenvalue weighted by molar-refractivity contribution is 6.05. The third-order valence-electron chi connectivity index (χ3n) is 10.4. The van der Waals surface area contributed by atoms with Gasteiger partial charge in [-0.1, -0.05) is 51.1 Å². The highest BCUT2D eigenvalue weighted by Crippen LogP contribution is 2.41. The second-order valence-electron chi connectivity index (χ2n) is 14.0. The Labute approximate surface area is 293 Å². The highest BCUT2D eigenvalue weighted by atomic mass is 16.7. The van der Waals surface area contributed by atoms with E-state index in [1.807, 2.05) is 37.3 Å². The van der Waals surface area contributed by atoms with Crippen LogP contribution in [0.5, 0.6) is 11.5 Å². The molecule has 0 amide bonds. The van der Waals surface area contributed by atoms with Gasteiger partial charge in [-0.05, 0) is 82.5 Å². The number of hydrogen-bond donors (Lipinski definition) is 3. The molecule has 2 heterocycles. The van der Waals surface area contributed by atoms with Gasteiger partial charge in [-0.2, -0.15) is 0 Å².